The molecule has 3 N–H and O–H groups in total. The molecule has 2 fully saturated rings. The first-order valence-electron chi connectivity index (χ1n) is 12.9. The van der Waals surface area contributed by atoms with E-state index < -0.39 is 0 Å². The summed E-state index contributed by atoms with van der Waals surface area (Å²) in [6.07, 6.45) is 14.9. The van der Waals surface area contributed by atoms with Crippen LogP contribution in [0, 0.1) is 0 Å². The maximum absolute atomic E-state index is 12.7. The van der Waals surface area contributed by atoms with Crippen molar-refractivity contribution in [3.8, 4) is 0 Å². The Kier molecular flexibility index (Phi) is 8.69. The van der Waals surface area contributed by atoms with Crippen molar-refractivity contribution in [2.45, 2.75) is 57.8 Å². The van der Waals surface area contributed by atoms with Gasteiger partial charge in [-0.2, -0.15) is 0 Å². The summed E-state index contributed by atoms with van der Waals surface area (Å²) in [6.45, 7) is 14.0. The fraction of sp³-hybridized carbons (Fsp3) is 0.720. The van der Waals surface area contributed by atoms with Gasteiger partial charge in [-0.15, -0.1) is 0 Å². The number of likely N-dealkylation sites (tertiary alicyclic amines) is 1. The van der Waals surface area contributed by atoms with Crippen molar-refractivity contribution >= 4 is 5.91 Å². The molecular weight excluding hydrogens is 414 g/mol. The van der Waals surface area contributed by atoms with Crippen LogP contribution in [0.15, 0.2) is 36.3 Å². The molecule has 33 heavy (non-hydrogen) atoms. The van der Waals surface area contributed by atoms with Crippen molar-refractivity contribution in [2.24, 2.45) is 0 Å². The van der Waals surface area contributed by atoms with E-state index in [2.05, 4.69) is 61.7 Å². The van der Waals surface area contributed by atoms with Gasteiger partial charge >= 0.3 is 0 Å². The van der Waals surface area contributed by atoms with E-state index in [0.29, 0.717) is 18.3 Å². The van der Waals surface area contributed by atoms with Crippen LogP contribution in [0.4, 0.5) is 0 Å². The molecule has 0 bridgehead atoms. The van der Waals surface area contributed by atoms with Gasteiger partial charge in [-0.3, -0.25) is 14.6 Å². The number of hydrogen-bond donors (Lipinski definition) is 3. The normalized spacial score (nSPS) is 25.6. The number of rotatable bonds is 8. The SMILES string of the molecule is CC(C)N1CCC(N2CCCN(C3C=CC=C(C(=O)NCCCN4C=CNC4)N3)CC2)CC1. The average molecular weight is 458 g/mol. The quantitative estimate of drug-likeness (QED) is 0.471. The van der Waals surface area contributed by atoms with Crippen LogP contribution >= 0.6 is 0 Å². The minimum atomic E-state index is -0.00667. The highest BCUT2D eigenvalue weighted by molar-refractivity contribution is 5.93. The number of dihydropyridines is 1. The molecule has 4 heterocycles. The van der Waals surface area contributed by atoms with Gasteiger partial charge in [-0.05, 0) is 71.3 Å². The molecule has 2 saturated heterocycles. The van der Waals surface area contributed by atoms with Gasteiger partial charge in [0, 0.05) is 57.2 Å². The largest absolute Gasteiger partial charge is 0.373 e. The highest BCUT2D eigenvalue weighted by Crippen LogP contribution is 2.20. The maximum atomic E-state index is 12.7. The zero-order valence-corrected chi connectivity index (χ0v) is 20.5. The molecule has 4 rings (SSSR count). The Morgan fingerprint density at radius 2 is 1.91 bits per heavy atom. The van der Waals surface area contributed by atoms with Crippen LogP contribution < -0.4 is 16.0 Å². The first-order chi connectivity index (χ1) is 16.1. The van der Waals surface area contributed by atoms with E-state index in [1.165, 1.54) is 38.9 Å². The van der Waals surface area contributed by atoms with Gasteiger partial charge in [-0.1, -0.05) is 6.08 Å². The second-order valence-corrected chi connectivity index (χ2v) is 9.94. The Hall–Kier alpha value is -2.03. The smallest absolute Gasteiger partial charge is 0.267 e. The van der Waals surface area contributed by atoms with Crippen LogP contribution in [-0.2, 0) is 4.79 Å². The Bertz CT molecular complexity index is 726. The topological polar surface area (TPSA) is 66.1 Å². The number of carbonyl (C=O) groups is 1. The third-order valence-electron chi connectivity index (χ3n) is 7.41. The molecule has 0 aliphatic carbocycles. The minimum Gasteiger partial charge on any atom is -0.373 e. The fourth-order valence-corrected chi connectivity index (χ4v) is 5.35. The van der Waals surface area contributed by atoms with Gasteiger partial charge in [0.2, 0.25) is 0 Å². The van der Waals surface area contributed by atoms with Crippen molar-refractivity contribution < 1.29 is 4.79 Å². The van der Waals surface area contributed by atoms with Crippen LogP contribution in [0.25, 0.3) is 0 Å². The van der Waals surface area contributed by atoms with Crippen LogP contribution in [0.2, 0.25) is 0 Å². The van der Waals surface area contributed by atoms with E-state index in [9.17, 15) is 4.79 Å². The summed E-state index contributed by atoms with van der Waals surface area (Å²) in [5, 5.41) is 9.71. The van der Waals surface area contributed by atoms with Crippen LogP contribution in [0.1, 0.15) is 39.5 Å². The van der Waals surface area contributed by atoms with Gasteiger partial charge < -0.3 is 25.8 Å². The summed E-state index contributed by atoms with van der Waals surface area (Å²) in [6, 6.07) is 1.39. The number of piperidine rings is 1. The summed E-state index contributed by atoms with van der Waals surface area (Å²) >= 11 is 0. The molecule has 4 aliphatic heterocycles. The van der Waals surface area contributed by atoms with Crippen LogP contribution in [0.3, 0.4) is 0 Å². The van der Waals surface area contributed by atoms with Gasteiger partial charge in [0.1, 0.15) is 5.70 Å². The molecule has 0 spiro atoms. The third kappa shape index (κ3) is 6.74. The predicted octanol–water partition coefficient (Wildman–Crippen LogP) is 1.08. The van der Waals surface area contributed by atoms with Gasteiger partial charge in [0.05, 0.1) is 12.8 Å². The molecule has 0 saturated carbocycles. The molecule has 0 aromatic heterocycles. The van der Waals surface area contributed by atoms with E-state index >= 15 is 0 Å². The summed E-state index contributed by atoms with van der Waals surface area (Å²) in [7, 11) is 0. The fourth-order valence-electron chi connectivity index (χ4n) is 5.35. The van der Waals surface area contributed by atoms with E-state index in [4.69, 9.17) is 0 Å². The lowest BCUT2D eigenvalue weighted by Crippen LogP contribution is -2.50. The highest BCUT2D eigenvalue weighted by Gasteiger charge is 2.29. The summed E-state index contributed by atoms with van der Waals surface area (Å²) in [5.41, 5.74) is 0.674. The average Bonchev–Trinajstić information content (AvgIpc) is 3.24. The standard InChI is InChI=1S/C25H43N7O/c1-21(2)30-15-8-22(9-16-30)31-13-5-14-32(19-18-31)24-7-3-6-23(28-24)25(33)27-10-4-12-29-17-11-26-20-29/h3,6-7,11,17,21-22,24,26,28H,4-5,8-10,12-16,18-20H2,1-2H3,(H,27,33). The molecule has 1 atom stereocenters. The number of nitrogens with zero attached hydrogens (tertiary/aromatic N) is 4. The summed E-state index contributed by atoms with van der Waals surface area (Å²) in [5.74, 6) is -0.00667. The first-order valence-corrected chi connectivity index (χ1v) is 12.9. The number of carbonyl (C=O) groups excluding carboxylic acids is 1. The molecule has 8 heteroatoms. The molecule has 0 radical (unpaired) electrons. The van der Waals surface area contributed by atoms with Crippen LogP contribution in [0.5, 0.6) is 0 Å². The second kappa shape index (κ2) is 11.9. The lowest BCUT2D eigenvalue weighted by Gasteiger charge is -2.39. The van der Waals surface area contributed by atoms with Crippen molar-refractivity contribution in [3.05, 3.63) is 36.3 Å². The molecule has 0 aromatic carbocycles. The lowest BCUT2D eigenvalue weighted by molar-refractivity contribution is -0.118. The van der Waals surface area contributed by atoms with E-state index in [-0.39, 0.29) is 12.1 Å². The number of nitrogens with one attached hydrogen (secondary N) is 3. The first kappa shape index (κ1) is 24.1. The van der Waals surface area contributed by atoms with Crippen molar-refractivity contribution in [3.63, 3.8) is 0 Å². The molecule has 0 aromatic rings. The molecule has 1 amide bonds. The Morgan fingerprint density at radius 1 is 1.12 bits per heavy atom. The Balaban J connectivity index is 1.19. The van der Waals surface area contributed by atoms with Crippen molar-refractivity contribution in [1.82, 2.24) is 35.6 Å². The number of allylic oxidation sites excluding steroid dienone is 2. The Morgan fingerprint density at radius 3 is 2.67 bits per heavy atom. The van der Waals surface area contributed by atoms with E-state index in [1.54, 1.807) is 0 Å². The Labute approximate surface area is 199 Å². The second-order valence-electron chi connectivity index (χ2n) is 9.94. The van der Waals surface area contributed by atoms with Gasteiger partial charge in [-0.25, -0.2) is 0 Å². The number of hydrogen-bond acceptors (Lipinski definition) is 7. The lowest BCUT2D eigenvalue weighted by atomic mass is 10.0. The molecular formula is C25H43N7O. The van der Waals surface area contributed by atoms with Gasteiger partial charge in [0.25, 0.3) is 5.91 Å². The zero-order valence-electron chi connectivity index (χ0n) is 20.5. The molecule has 1 unspecified atom stereocenters. The van der Waals surface area contributed by atoms with Crippen LogP contribution in [-0.4, -0.2) is 103 Å². The van der Waals surface area contributed by atoms with E-state index in [1.807, 2.05) is 18.4 Å². The summed E-state index contributed by atoms with van der Waals surface area (Å²) in [4.78, 5) is 22.7. The monoisotopic (exact) mass is 457 g/mol. The van der Waals surface area contributed by atoms with Crippen molar-refractivity contribution in [2.75, 3.05) is 59.0 Å². The van der Waals surface area contributed by atoms with Crippen molar-refractivity contribution in [1.29, 1.82) is 0 Å². The predicted molar refractivity (Wildman–Crippen MR) is 133 cm³/mol. The summed E-state index contributed by atoms with van der Waals surface area (Å²) < 4.78 is 0. The third-order valence-corrected chi connectivity index (χ3v) is 7.41. The maximum Gasteiger partial charge on any atom is 0.267 e. The van der Waals surface area contributed by atoms with Gasteiger partial charge in [0.15, 0.2) is 0 Å². The minimum absolute atomic E-state index is 0.00667. The molecule has 4 aliphatic rings. The molecule has 184 valence electrons. The zero-order chi connectivity index (χ0) is 23.0. The molecule has 8 nitrogen and oxygen atoms in total. The highest BCUT2D eigenvalue weighted by atomic mass is 16.2. The number of amides is 1. The van der Waals surface area contributed by atoms with E-state index in [0.717, 1.165) is 45.3 Å².